The van der Waals surface area contributed by atoms with Crippen LogP contribution in [0.15, 0.2) is 11.6 Å². The van der Waals surface area contributed by atoms with Gasteiger partial charge in [-0.1, -0.05) is 78.4 Å². The topological polar surface area (TPSA) is 37.3 Å². The monoisotopic (exact) mass is 480 g/mol. The van der Waals surface area contributed by atoms with Crippen molar-refractivity contribution in [3.05, 3.63) is 11.6 Å². The van der Waals surface area contributed by atoms with E-state index in [2.05, 4.69) is 59.5 Å². The van der Waals surface area contributed by atoms with Crippen LogP contribution in [0.25, 0.3) is 0 Å². The Morgan fingerprint density at radius 2 is 1.86 bits per heavy atom. The molecule has 0 heterocycles. The lowest BCUT2D eigenvalue weighted by molar-refractivity contribution is -0.130. The quantitative estimate of drug-likeness (QED) is 0.292. The second kappa shape index (κ2) is 10.6. The number of allylic oxidation sites excluding steroid dienone is 2. The van der Waals surface area contributed by atoms with Gasteiger partial charge >= 0.3 is 5.97 Å². The summed E-state index contributed by atoms with van der Waals surface area (Å²) in [4.78, 5) is 11.0. The van der Waals surface area contributed by atoms with Gasteiger partial charge in [-0.05, 0) is 110 Å². The molecule has 9 atom stereocenters. The minimum absolute atomic E-state index is 0.219. The molecule has 35 heavy (non-hydrogen) atoms. The molecule has 0 bridgehead atoms. The van der Waals surface area contributed by atoms with Gasteiger partial charge in [-0.25, -0.2) is 4.79 Å². The lowest BCUT2D eigenvalue weighted by Gasteiger charge is -2.59. The maximum atomic E-state index is 11.0. The van der Waals surface area contributed by atoms with Gasteiger partial charge in [-0.15, -0.1) is 0 Å². The first-order valence-electron chi connectivity index (χ1n) is 15.0. The third-order valence-corrected chi connectivity index (χ3v) is 11.7. The van der Waals surface area contributed by atoms with Crippen molar-refractivity contribution in [1.29, 1.82) is 0 Å². The number of aliphatic carboxylic acids is 1. The maximum absolute atomic E-state index is 11.0. The van der Waals surface area contributed by atoms with E-state index in [-0.39, 0.29) is 5.92 Å². The third kappa shape index (κ3) is 5.13. The van der Waals surface area contributed by atoms with E-state index in [1.165, 1.54) is 64.2 Å². The highest BCUT2D eigenvalue weighted by atomic mass is 16.4. The van der Waals surface area contributed by atoms with Gasteiger partial charge in [0.05, 0.1) is 0 Å². The van der Waals surface area contributed by atoms with E-state index in [0.29, 0.717) is 16.7 Å². The molecule has 0 aromatic carbocycles. The standard InChI is InChI=1S/C33H52O2/c1-7-24(11-16-31(34)35)25-17-19-32(5)26(21-25)12-13-27-29-15-14-28(23(4)10-8-9-22(2)3)33(29,6)20-18-30(27)32/h12,22-25,27-30H,7-10,13-15,17-21H2,1-6H3,(H,34,35)/t23-,24?,25+,27+,28-,29+,30+,32+,33-/m1/s1. The average Bonchev–Trinajstić information content (AvgIpc) is 3.16. The van der Waals surface area contributed by atoms with Crippen LogP contribution >= 0.6 is 0 Å². The zero-order chi connectivity index (χ0) is 25.4. The van der Waals surface area contributed by atoms with E-state index in [9.17, 15) is 4.79 Å². The van der Waals surface area contributed by atoms with Crippen molar-refractivity contribution in [2.75, 3.05) is 0 Å². The summed E-state index contributed by atoms with van der Waals surface area (Å²) >= 11 is 0. The summed E-state index contributed by atoms with van der Waals surface area (Å²) in [5.74, 6) is 10.6. The van der Waals surface area contributed by atoms with Crippen LogP contribution in [0, 0.1) is 70.0 Å². The summed E-state index contributed by atoms with van der Waals surface area (Å²) < 4.78 is 0. The summed E-state index contributed by atoms with van der Waals surface area (Å²) in [5, 5.41) is 9.04. The molecule has 2 heteroatoms. The van der Waals surface area contributed by atoms with Crippen molar-refractivity contribution >= 4 is 5.97 Å². The van der Waals surface area contributed by atoms with Crippen LogP contribution in [0.5, 0.6) is 0 Å². The number of hydrogen-bond acceptors (Lipinski definition) is 1. The minimum atomic E-state index is -0.988. The van der Waals surface area contributed by atoms with Crippen molar-refractivity contribution < 1.29 is 9.90 Å². The Balaban J connectivity index is 1.47. The Bertz CT molecular complexity index is 858. The van der Waals surface area contributed by atoms with Gasteiger partial charge in [0.1, 0.15) is 0 Å². The second-order valence-corrected chi connectivity index (χ2v) is 13.9. The fourth-order valence-electron chi connectivity index (χ4n) is 9.76. The van der Waals surface area contributed by atoms with Crippen molar-refractivity contribution in [3.8, 4) is 11.8 Å². The van der Waals surface area contributed by atoms with Crippen LogP contribution in [0.3, 0.4) is 0 Å². The molecule has 1 unspecified atom stereocenters. The highest BCUT2D eigenvalue weighted by Gasteiger charge is 2.59. The van der Waals surface area contributed by atoms with E-state index >= 15 is 0 Å². The zero-order valence-electron chi connectivity index (χ0n) is 23.5. The fourth-order valence-corrected chi connectivity index (χ4v) is 9.76. The molecule has 3 fully saturated rings. The molecule has 2 nitrogen and oxygen atoms in total. The van der Waals surface area contributed by atoms with Crippen LogP contribution in [-0.2, 0) is 4.79 Å². The number of carboxylic acid groups (broad SMARTS) is 1. The van der Waals surface area contributed by atoms with Crippen LogP contribution in [0.1, 0.15) is 119 Å². The Hall–Kier alpha value is -1.23. The van der Waals surface area contributed by atoms with Gasteiger partial charge in [0.15, 0.2) is 0 Å². The number of carboxylic acids is 1. The molecule has 0 radical (unpaired) electrons. The first kappa shape index (κ1) is 26.8. The van der Waals surface area contributed by atoms with Gasteiger partial charge in [0.25, 0.3) is 0 Å². The van der Waals surface area contributed by atoms with E-state index in [4.69, 9.17) is 5.11 Å². The molecular weight excluding hydrogens is 428 g/mol. The van der Waals surface area contributed by atoms with E-state index in [0.717, 1.165) is 48.3 Å². The number of fused-ring (bicyclic) bond motifs is 5. The largest absolute Gasteiger partial charge is 0.472 e. The summed E-state index contributed by atoms with van der Waals surface area (Å²) in [6, 6.07) is 0. The Morgan fingerprint density at radius 1 is 1.09 bits per heavy atom. The van der Waals surface area contributed by atoms with E-state index in [1.807, 2.05) is 0 Å². The third-order valence-electron chi connectivity index (χ3n) is 11.7. The molecule has 0 amide bonds. The second-order valence-electron chi connectivity index (χ2n) is 13.9. The molecule has 0 spiro atoms. The molecule has 4 aliphatic carbocycles. The molecule has 4 rings (SSSR count). The average molecular weight is 481 g/mol. The highest BCUT2D eigenvalue weighted by Crippen LogP contribution is 2.67. The van der Waals surface area contributed by atoms with Gasteiger partial charge in [0, 0.05) is 11.8 Å². The predicted molar refractivity (Wildman–Crippen MR) is 146 cm³/mol. The fraction of sp³-hybridized carbons (Fsp3) is 0.848. The van der Waals surface area contributed by atoms with Crippen LogP contribution < -0.4 is 0 Å². The van der Waals surface area contributed by atoms with Gasteiger partial charge in [-0.3, -0.25) is 0 Å². The molecule has 0 saturated heterocycles. The summed E-state index contributed by atoms with van der Waals surface area (Å²) in [5.41, 5.74) is 2.61. The smallest absolute Gasteiger partial charge is 0.381 e. The maximum Gasteiger partial charge on any atom is 0.381 e. The summed E-state index contributed by atoms with van der Waals surface area (Å²) in [6.07, 6.45) is 18.5. The Labute approximate surface area is 216 Å². The molecule has 4 aliphatic rings. The predicted octanol–water partition coefficient (Wildman–Crippen LogP) is 8.76. The normalized spacial score (nSPS) is 40.0. The van der Waals surface area contributed by atoms with Crippen LogP contribution in [0.2, 0.25) is 0 Å². The first-order valence-corrected chi connectivity index (χ1v) is 15.0. The Kier molecular flexibility index (Phi) is 8.15. The SMILES string of the molecule is CCC(C#CC(=O)O)[C@H]1CC[C@@]2(C)C(=CC[C@H]3[C@@H]4CC[C@H]([C@H](C)CCCC(C)C)[C@@]4(C)CC[C@@H]32)C1. The van der Waals surface area contributed by atoms with Gasteiger partial charge in [0.2, 0.25) is 0 Å². The molecular formula is C33H52O2. The van der Waals surface area contributed by atoms with Crippen LogP contribution in [-0.4, -0.2) is 11.1 Å². The van der Waals surface area contributed by atoms with Gasteiger partial charge in [-0.2, -0.15) is 0 Å². The number of hydrogen-bond donors (Lipinski definition) is 1. The number of carbonyl (C=O) groups is 1. The molecule has 0 aliphatic heterocycles. The van der Waals surface area contributed by atoms with Crippen LogP contribution in [0.4, 0.5) is 0 Å². The highest BCUT2D eigenvalue weighted by molar-refractivity contribution is 5.86. The summed E-state index contributed by atoms with van der Waals surface area (Å²) in [7, 11) is 0. The first-order chi connectivity index (χ1) is 16.6. The van der Waals surface area contributed by atoms with E-state index in [1.54, 1.807) is 5.57 Å². The Morgan fingerprint density at radius 3 is 2.54 bits per heavy atom. The molecule has 3 saturated carbocycles. The lowest BCUT2D eigenvalue weighted by atomic mass is 9.46. The lowest BCUT2D eigenvalue weighted by Crippen LogP contribution is -2.50. The van der Waals surface area contributed by atoms with Crippen molar-refractivity contribution in [3.63, 3.8) is 0 Å². The number of rotatable bonds is 7. The summed E-state index contributed by atoms with van der Waals surface area (Å²) in [6.45, 7) is 14.8. The van der Waals surface area contributed by atoms with Crippen molar-refractivity contribution in [1.82, 2.24) is 0 Å². The molecule has 1 N–H and O–H groups in total. The minimum Gasteiger partial charge on any atom is -0.472 e. The molecule has 0 aromatic rings. The zero-order valence-corrected chi connectivity index (χ0v) is 23.5. The van der Waals surface area contributed by atoms with Gasteiger partial charge < -0.3 is 5.11 Å². The molecule has 0 aromatic heterocycles. The molecule has 196 valence electrons. The van der Waals surface area contributed by atoms with Crippen molar-refractivity contribution in [2.24, 2.45) is 58.2 Å². The van der Waals surface area contributed by atoms with E-state index < -0.39 is 5.97 Å². The van der Waals surface area contributed by atoms with Crippen molar-refractivity contribution in [2.45, 2.75) is 119 Å².